The summed E-state index contributed by atoms with van der Waals surface area (Å²) in [5.41, 5.74) is 0. The average molecular weight is 262 g/mol. The molecule has 0 saturated carbocycles. The van der Waals surface area contributed by atoms with Crippen molar-refractivity contribution < 1.29 is 22.5 Å². The molecule has 0 unspecified atom stereocenters. The van der Waals surface area contributed by atoms with Crippen molar-refractivity contribution in [3.8, 4) is 10.7 Å². The molecule has 0 fully saturated rings. The van der Waals surface area contributed by atoms with Gasteiger partial charge in [0.25, 0.3) is 0 Å². The largest absolute Gasteiger partial charge is 0.450 e. The van der Waals surface area contributed by atoms with Crippen molar-refractivity contribution in [2.45, 2.75) is 12.6 Å². The maximum absolute atomic E-state index is 12.0. The van der Waals surface area contributed by atoms with E-state index in [0.717, 1.165) is 0 Å². The first-order chi connectivity index (χ1) is 7.97. The van der Waals surface area contributed by atoms with Crippen molar-refractivity contribution in [2.24, 2.45) is 0 Å². The molecule has 0 N–H and O–H groups in total. The number of alkyl halides is 3. The Balaban J connectivity index is 2.12. The van der Waals surface area contributed by atoms with Crippen LogP contribution in [0.2, 0.25) is 0 Å². The van der Waals surface area contributed by atoms with Crippen molar-refractivity contribution in [1.29, 1.82) is 0 Å². The van der Waals surface area contributed by atoms with Crippen molar-refractivity contribution in [3.63, 3.8) is 0 Å². The number of thiophene rings is 1. The summed E-state index contributed by atoms with van der Waals surface area (Å²) in [6.45, 7) is 0. The lowest BCUT2D eigenvalue weighted by atomic mass is 10.3. The number of rotatable bonds is 3. The van der Waals surface area contributed by atoms with E-state index in [2.05, 4.69) is 14.7 Å². The average Bonchev–Trinajstić information content (AvgIpc) is 2.83. The number of nitrogens with zero attached hydrogens (tertiary/aromatic N) is 2. The van der Waals surface area contributed by atoms with Gasteiger partial charge in [-0.3, -0.25) is 4.79 Å². The summed E-state index contributed by atoms with van der Waals surface area (Å²) in [4.78, 5) is 15.1. The minimum absolute atomic E-state index is 0.185. The molecule has 2 heterocycles. The number of hydrogen-bond donors (Lipinski definition) is 0. The fourth-order valence-electron chi connectivity index (χ4n) is 1.07. The van der Waals surface area contributed by atoms with E-state index in [1.807, 2.05) is 0 Å². The van der Waals surface area contributed by atoms with Crippen LogP contribution in [0.15, 0.2) is 22.0 Å². The zero-order valence-electron chi connectivity index (χ0n) is 8.19. The van der Waals surface area contributed by atoms with Gasteiger partial charge in [0.2, 0.25) is 17.5 Å². The Morgan fingerprint density at radius 3 is 2.82 bits per heavy atom. The molecular weight excluding hydrogens is 257 g/mol. The van der Waals surface area contributed by atoms with E-state index in [1.54, 1.807) is 17.5 Å². The van der Waals surface area contributed by atoms with Crippen LogP contribution in [-0.2, 0) is 11.2 Å². The van der Waals surface area contributed by atoms with E-state index < -0.39 is 18.4 Å². The maximum atomic E-state index is 12.0. The topological polar surface area (TPSA) is 56.0 Å². The van der Waals surface area contributed by atoms with Gasteiger partial charge in [-0.15, -0.1) is 11.3 Å². The Morgan fingerprint density at radius 2 is 2.24 bits per heavy atom. The van der Waals surface area contributed by atoms with Crippen molar-refractivity contribution >= 4 is 17.1 Å². The Bertz CT molecular complexity index is 519. The summed E-state index contributed by atoms with van der Waals surface area (Å²) >= 11 is 1.32. The normalized spacial score (nSPS) is 11.7. The molecule has 0 bridgehead atoms. The summed E-state index contributed by atoms with van der Waals surface area (Å²) < 4.78 is 40.5. The number of halogens is 3. The molecule has 0 spiro atoms. The molecular formula is C9H5F3N2O2S. The number of hydrogen-bond acceptors (Lipinski definition) is 5. The lowest BCUT2D eigenvalue weighted by Crippen LogP contribution is -2.24. The lowest BCUT2D eigenvalue weighted by molar-refractivity contribution is -0.170. The van der Waals surface area contributed by atoms with Gasteiger partial charge in [-0.25, -0.2) is 0 Å². The number of aromatic nitrogens is 2. The fourth-order valence-corrected chi connectivity index (χ4v) is 1.72. The third-order valence-corrected chi connectivity index (χ3v) is 2.70. The number of ketones is 1. The highest BCUT2D eigenvalue weighted by Crippen LogP contribution is 2.23. The minimum Gasteiger partial charge on any atom is -0.338 e. The van der Waals surface area contributed by atoms with Crippen LogP contribution in [0.1, 0.15) is 5.89 Å². The van der Waals surface area contributed by atoms with Gasteiger partial charge in [-0.05, 0) is 11.4 Å². The van der Waals surface area contributed by atoms with Gasteiger partial charge in [-0.2, -0.15) is 18.2 Å². The van der Waals surface area contributed by atoms with Crippen LogP contribution < -0.4 is 0 Å². The van der Waals surface area contributed by atoms with Gasteiger partial charge in [0, 0.05) is 0 Å². The number of carbonyl (C=O) groups excluding carboxylic acids is 1. The molecule has 4 nitrogen and oxygen atoms in total. The predicted octanol–water partition coefficient (Wildman–Crippen LogP) is 2.47. The molecule has 0 aromatic carbocycles. The summed E-state index contributed by atoms with van der Waals surface area (Å²) in [5, 5.41) is 5.27. The molecule has 90 valence electrons. The maximum Gasteiger partial charge on any atom is 0.450 e. The molecule has 2 aromatic heterocycles. The Morgan fingerprint density at radius 1 is 1.47 bits per heavy atom. The van der Waals surface area contributed by atoms with Crippen LogP contribution in [0.5, 0.6) is 0 Å². The number of carbonyl (C=O) groups is 1. The second-order valence-corrected chi connectivity index (χ2v) is 4.03. The van der Waals surface area contributed by atoms with Crippen molar-refractivity contribution in [3.05, 3.63) is 23.4 Å². The smallest absolute Gasteiger partial charge is 0.338 e. The van der Waals surface area contributed by atoms with Crippen LogP contribution >= 0.6 is 11.3 Å². The highest BCUT2D eigenvalue weighted by Gasteiger charge is 2.39. The molecule has 2 rings (SSSR count). The third-order valence-electron chi connectivity index (χ3n) is 1.84. The van der Waals surface area contributed by atoms with E-state index in [1.165, 1.54) is 11.3 Å². The zero-order valence-corrected chi connectivity index (χ0v) is 9.01. The SMILES string of the molecule is O=C(Cc1nc(-c2cccs2)no1)C(F)(F)F. The number of Topliss-reactive ketones (excluding diaryl/α,β-unsaturated/α-hetero) is 1. The quantitative estimate of drug-likeness (QED) is 0.852. The van der Waals surface area contributed by atoms with Crippen molar-refractivity contribution in [1.82, 2.24) is 10.1 Å². The summed E-state index contributed by atoms with van der Waals surface area (Å²) in [6, 6.07) is 3.45. The van der Waals surface area contributed by atoms with Crippen LogP contribution in [0.25, 0.3) is 10.7 Å². The van der Waals surface area contributed by atoms with Gasteiger partial charge in [0.15, 0.2) is 0 Å². The molecule has 0 amide bonds. The van der Waals surface area contributed by atoms with E-state index in [-0.39, 0.29) is 11.7 Å². The van der Waals surface area contributed by atoms with Gasteiger partial charge >= 0.3 is 6.18 Å². The second-order valence-electron chi connectivity index (χ2n) is 3.09. The Hall–Kier alpha value is -1.70. The van der Waals surface area contributed by atoms with E-state index >= 15 is 0 Å². The molecule has 8 heteroatoms. The van der Waals surface area contributed by atoms with E-state index in [9.17, 15) is 18.0 Å². The molecule has 0 radical (unpaired) electrons. The first-order valence-corrected chi connectivity index (χ1v) is 5.31. The predicted molar refractivity (Wildman–Crippen MR) is 52.4 cm³/mol. The van der Waals surface area contributed by atoms with Crippen LogP contribution in [0.3, 0.4) is 0 Å². The van der Waals surface area contributed by atoms with Gasteiger partial charge < -0.3 is 4.52 Å². The van der Waals surface area contributed by atoms with Crippen LogP contribution in [0, 0.1) is 0 Å². The van der Waals surface area contributed by atoms with Gasteiger partial charge in [0.1, 0.15) is 0 Å². The third kappa shape index (κ3) is 2.70. The monoisotopic (exact) mass is 262 g/mol. The standard InChI is InChI=1S/C9H5F3N2O2S/c10-9(11,12)6(15)4-7-13-8(14-16-7)5-2-1-3-17-5/h1-3H,4H2. The Labute approximate surface area is 97.1 Å². The van der Waals surface area contributed by atoms with E-state index in [0.29, 0.717) is 4.88 Å². The van der Waals surface area contributed by atoms with E-state index in [4.69, 9.17) is 0 Å². The molecule has 2 aromatic rings. The lowest BCUT2D eigenvalue weighted by Gasteiger charge is -2.00. The molecule has 17 heavy (non-hydrogen) atoms. The van der Waals surface area contributed by atoms with Crippen molar-refractivity contribution in [2.75, 3.05) is 0 Å². The molecule has 0 aliphatic carbocycles. The van der Waals surface area contributed by atoms with Crippen LogP contribution in [-0.4, -0.2) is 22.1 Å². The highest BCUT2D eigenvalue weighted by molar-refractivity contribution is 7.13. The molecule has 0 atom stereocenters. The van der Waals surface area contributed by atoms with Gasteiger partial charge in [0.05, 0.1) is 11.3 Å². The van der Waals surface area contributed by atoms with Crippen LogP contribution in [0.4, 0.5) is 13.2 Å². The molecule has 0 saturated heterocycles. The summed E-state index contributed by atoms with van der Waals surface area (Å²) in [6.07, 6.45) is -5.81. The van der Waals surface area contributed by atoms with Gasteiger partial charge in [-0.1, -0.05) is 11.2 Å². The molecule has 0 aliphatic rings. The first-order valence-electron chi connectivity index (χ1n) is 4.43. The summed E-state index contributed by atoms with van der Waals surface area (Å²) in [7, 11) is 0. The summed E-state index contributed by atoms with van der Waals surface area (Å²) in [5.74, 6) is -2.06. The highest BCUT2D eigenvalue weighted by atomic mass is 32.1. The minimum atomic E-state index is -4.88. The Kier molecular flexibility index (Phi) is 2.97. The molecule has 0 aliphatic heterocycles. The first kappa shape index (κ1) is 11.8. The zero-order chi connectivity index (χ0) is 12.5. The fraction of sp³-hybridized carbons (Fsp3) is 0.222. The second kappa shape index (κ2) is 4.28.